The number of carbonyl (C=O) groups is 1. The van der Waals surface area contributed by atoms with Gasteiger partial charge in [0.25, 0.3) is 5.91 Å². The molecule has 0 spiro atoms. The highest BCUT2D eigenvalue weighted by atomic mass is 19.4. The molecule has 0 saturated carbocycles. The van der Waals surface area contributed by atoms with E-state index in [1.165, 1.54) is 6.07 Å². The molecule has 7 heteroatoms. The highest BCUT2D eigenvalue weighted by Crippen LogP contribution is 2.36. The maximum absolute atomic E-state index is 13.1. The first-order chi connectivity index (χ1) is 12.4. The fourth-order valence-electron chi connectivity index (χ4n) is 2.91. The van der Waals surface area contributed by atoms with Crippen LogP contribution in [0.15, 0.2) is 42.5 Å². The first-order valence-corrected chi connectivity index (χ1v) is 8.27. The molecule has 1 heterocycles. The Balaban J connectivity index is 1.96. The van der Waals surface area contributed by atoms with Gasteiger partial charge in [0.15, 0.2) is 0 Å². The van der Waals surface area contributed by atoms with E-state index in [4.69, 9.17) is 4.74 Å². The van der Waals surface area contributed by atoms with E-state index < -0.39 is 17.6 Å². The second-order valence-corrected chi connectivity index (χ2v) is 6.10. The summed E-state index contributed by atoms with van der Waals surface area (Å²) < 4.78 is 44.7. The minimum Gasteiger partial charge on any atom is -0.378 e. The fraction of sp³-hybridized carbons (Fsp3) is 0.316. The standard InChI is InChI=1S/C19H19F3N2O2/c1-13-4-2-3-5-15(13)18(25)23-16-12-14(19(20,21)22)6-7-17(16)24-8-10-26-11-9-24/h2-7,12H,8-11H2,1H3,(H,23,25). The smallest absolute Gasteiger partial charge is 0.378 e. The zero-order valence-corrected chi connectivity index (χ0v) is 14.3. The summed E-state index contributed by atoms with van der Waals surface area (Å²) in [6, 6.07) is 10.4. The lowest BCUT2D eigenvalue weighted by Gasteiger charge is -2.31. The molecule has 2 aromatic rings. The molecule has 138 valence electrons. The van der Waals surface area contributed by atoms with Crippen molar-refractivity contribution in [2.75, 3.05) is 36.5 Å². The molecule has 26 heavy (non-hydrogen) atoms. The number of alkyl halides is 3. The number of halogens is 3. The molecular formula is C19H19F3N2O2. The van der Waals surface area contributed by atoms with Gasteiger partial charge in [0.2, 0.25) is 0 Å². The van der Waals surface area contributed by atoms with Gasteiger partial charge in [-0.3, -0.25) is 4.79 Å². The summed E-state index contributed by atoms with van der Waals surface area (Å²) in [4.78, 5) is 14.5. The maximum Gasteiger partial charge on any atom is 0.416 e. The number of morpholine rings is 1. The zero-order valence-electron chi connectivity index (χ0n) is 14.3. The van der Waals surface area contributed by atoms with Crippen molar-refractivity contribution in [1.82, 2.24) is 0 Å². The van der Waals surface area contributed by atoms with Crippen molar-refractivity contribution in [3.05, 3.63) is 59.2 Å². The third-order valence-electron chi connectivity index (χ3n) is 4.31. The number of anilines is 2. The lowest BCUT2D eigenvalue weighted by atomic mass is 10.1. The molecule has 1 amide bonds. The van der Waals surface area contributed by atoms with Crippen LogP contribution in [-0.2, 0) is 10.9 Å². The molecule has 0 atom stereocenters. The van der Waals surface area contributed by atoms with Crippen LogP contribution < -0.4 is 10.2 Å². The molecule has 0 aromatic heterocycles. The van der Waals surface area contributed by atoms with Gasteiger partial charge in [-0.05, 0) is 36.8 Å². The van der Waals surface area contributed by atoms with Crippen molar-refractivity contribution < 1.29 is 22.7 Å². The topological polar surface area (TPSA) is 41.6 Å². The molecule has 0 aliphatic carbocycles. The molecular weight excluding hydrogens is 345 g/mol. The molecule has 4 nitrogen and oxygen atoms in total. The van der Waals surface area contributed by atoms with Crippen LogP contribution in [0.5, 0.6) is 0 Å². The summed E-state index contributed by atoms with van der Waals surface area (Å²) in [7, 11) is 0. The largest absolute Gasteiger partial charge is 0.416 e. The minimum atomic E-state index is -4.48. The van der Waals surface area contributed by atoms with Crippen LogP contribution in [0.25, 0.3) is 0 Å². The zero-order chi connectivity index (χ0) is 18.7. The normalized spacial score (nSPS) is 15.0. The van der Waals surface area contributed by atoms with Gasteiger partial charge in [-0.25, -0.2) is 0 Å². The molecule has 0 unspecified atom stereocenters. The Morgan fingerprint density at radius 1 is 1.12 bits per heavy atom. The second kappa shape index (κ2) is 7.37. The van der Waals surface area contributed by atoms with E-state index in [0.717, 1.165) is 17.7 Å². The lowest BCUT2D eigenvalue weighted by molar-refractivity contribution is -0.137. The van der Waals surface area contributed by atoms with Gasteiger partial charge < -0.3 is 15.0 Å². The van der Waals surface area contributed by atoms with E-state index in [2.05, 4.69) is 5.32 Å². The number of ether oxygens (including phenoxy) is 1. The van der Waals surface area contributed by atoms with Crippen LogP contribution in [0.1, 0.15) is 21.5 Å². The van der Waals surface area contributed by atoms with Crippen molar-refractivity contribution in [3.63, 3.8) is 0 Å². The highest BCUT2D eigenvalue weighted by Gasteiger charge is 2.32. The number of benzene rings is 2. The number of amides is 1. The molecule has 0 radical (unpaired) electrons. The average Bonchev–Trinajstić information content (AvgIpc) is 2.62. The van der Waals surface area contributed by atoms with Gasteiger partial charge in [-0.15, -0.1) is 0 Å². The molecule has 1 saturated heterocycles. The third kappa shape index (κ3) is 3.99. The van der Waals surface area contributed by atoms with E-state index in [-0.39, 0.29) is 5.69 Å². The van der Waals surface area contributed by atoms with Crippen LogP contribution in [0.3, 0.4) is 0 Å². The Kier molecular flexibility index (Phi) is 5.18. The molecule has 1 fully saturated rings. The monoisotopic (exact) mass is 364 g/mol. The second-order valence-electron chi connectivity index (χ2n) is 6.10. The SMILES string of the molecule is Cc1ccccc1C(=O)Nc1cc(C(F)(F)F)ccc1N1CCOCC1. The van der Waals surface area contributed by atoms with Crippen LogP contribution in [0, 0.1) is 6.92 Å². The van der Waals surface area contributed by atoms with Crippen molar-refractivity contribution >= 4 is 17.3 Å². The fourth-order valence-corrected chi connectivity index (χ4v) is 2.91. The van der Waals surface area contributed by atoms with Gasteiger partial charge in [0.1, 0.15) is 0 Å². The summed E-state index contributed by atoms with van der Waals surface area (Å²) >= 11 is 0. The Morgan fingerprint density at radius 2 is 1.81 bits per heavy atom. The number of hydrogen-bond donors (Lipinski definition) is 1. The highest BCUT2D eigenvalue weighted by molar-refractivity contribution is 6.06. The third-order valence-corrected chi connectivity index (χ3v) is 4.31. The van der Waals surface area contributed by atoms with E-state index in [9.17, 15) is 18.0 Å². The lowest BCUT2D eigenvalue weighted by Crippen LogP contribution is -2.36. The number of rotatable bonds is 3. The van der Waals surface area contributed by atoms with E-state index in [0.29, 0.717) is 37.6 Å². The number of carbonyl (C=O) groups excluding carboxylic acids is 1. The molecule has 1 N–H and O–H groups in total. The first-order valence-electron chi connectivity index (χ1n) is 8.27. The van der Waals surface area contributed by atoms with Gasteiger partial charge in [-0.1, -0.05) is 18.2 Å². The van der Waals surface area contributed by atoms with E-state index in [1.807, 2.05) is 4.90 Å². The van der Waals surface area contributed by atoms with Crippen molar-refractivity contribution in [3.8, 4) is 0 Å². The number of aryl methyl sites for hydroxylation is 1. The molecule has 3 rings (SSSR count). The van der Waals surface area contributed by atoms with Crippen LogP contribution >= 0.6 is 0 Å². The van der Waals surface area contributed by atoms with Gasteiger partial charge in [-0.2, -0.15) is 13.2 Å². The number of nitrogens with zero attached hydrogens (tertiary/aromatic N) is 1. The molecule has 2 aromatic carbocycles. The predicted molar refractivity (Wildman–Crippen MR) is 93.6 cm³/mol. The van der Waals surface area contributed by atoms with E-state index >= 15 is 0 Å². The maximum atomic E-state index is 13.1. The minimum absolute atomic E-state index is 0.148. The Morgan fingerprint density at radius 3 is 2.46 bits per heavy atom. The summed E-state index contributed by atoms with van der Waals surface area (Å²) in [6.45, 7) is 3.87. The first kappa shape index (κ1) is 18.3. The van der Waals surface area contributed by atoms with Crippen LogP contribution in [0.4, 0.5) is 24.5 Å². The molecule has 1 aliphatic heterocycles. The molecule has 1 aliphatic rings. The van der Waals surface area contributed by atoms with Crippen LogP contribution in [-0.4, -0.2) is 32.2 Å². The van der Waals surface area contributed by atoms with Gasteiger partial charge in [0.05, 0.1) is 30.2 Å². The Bertz CT molecular complexity index is 800. The van der Waals surface area contributed by atoms with Crippen molar-refractivity contribution in [2.45, 2.75) is 13.1 Å². The predicted octanol–water partition coefficient (Wildman–Crippen LogP) is 4.10. The Hall–Kier alpha value is -2.54. The number of nitrogens with one attached hydrogen (secondary N) is 1. The summed E-state index contributed by atoms with van der Waals surface area (Å²) in [6.07, 6.45) is -4.48. The summed E-state index contributed by atoms with van der Waals surface area (Å²) in [5.41, 5.74) is 1.09. The van der Waals surface area contributed by atoms with Gasteiger partial charge >= 0.3 is 6.18 Å². The van der Waals surface area contributed by atoms with Crippen molar-refractivity contribution in [1.29, 1.82) is 0 Å². The quantitative estimate of drug-likeness (QED) is 0.892. The average molecular weight is 364 g/mol. The molecule has 0 bridgehead atoms. The van der Waals surface area contributed by atoms with Crippen LogP contribution in [0.2, 0.25) is 0 Å². The summed E-state index contributed by atoms with van der Waals surface area (Å²) in [5.74, 6) is -0.433. The summed E-state index contributed by atoms with van der Waals surface area (Å²) in [5, 5.41) is 2.66. The number of hydrogen-bond acceptors (Lipinski definition) is 3. The van der Waals surface area contributed by atoms with Gasteiger partial charge in [0, 0.05) is 18.7 Å². The van der Waals surface area contributed by atoms with E-state index in [1.54, 1.807) is 31.2 Å². The van der Waals surface area contributed by atoms with Crippen molar-refractivity contribution in [2.24, 2.45) is 0 Å². The Labute approximate surface area is 149 Å².